The van der Waals surface area contributed by atoms with Crippen molar-refractivity contribution >= 4 is 16.8 Å². The summed E-state index contributed by atoms with van der Waals surface area (Å²) < 4.78 is 7.26. The minimum atomic E-state index is 0.0117. The lowest BCUT2D eigenvalue weighted by Gasteiger charge is -2.19. The van der Waals surface area contributed by atoms with Gasteiger partial charge in [0, 0.05) is 43.3 Å². The lowest BCUT2D eigenvalue weighted by atomic mass is 10.1. The molecule has 0 unspecified atom stereocenters. The van der Waals surface area contributed by atoms with E-state index in [0.717, 1.165) is 36.0 Å². The molecule has 1 aliphatic heterocycles. The Bertz CT molecular complexity index is 680. The first kappa shape index (κ1) is 16.0. The van der Waals surface area contributed by atoms with Gasteiger partial charge in [-0.05, 0) is 32.5 Å². The fraction of sp³-hybridized carbons (Fsp3) is 0.500. The first-order chi connectivity index (χ1) is 11.2. The van der Waals surface area contributed by atoms with Gasteiger partial charge in [-0.1, -0.05) is 18.2 Å². The number of hydrogen-bond acceptors (Lipinski definition) is 3. The summed E-state index contributed by atoms with van der Waals surface area (Å²) in [6.07, 6.45) is 4.32. The van der Waals surface area contributed by atoms with Crippen molar-refractivity contribution < 1.29 is 9.53 Å². The third kappa shape index (κ3) is 3.41. The van der Waals surface area contributed by atoms with E-state index in [1.54, 1.807) is 7.11 Å². The van der Waals surface area contributed by atoms with Crippen LogP contribution in [-0.4, -0.2) is 55.3 Å². The van der Waals surface area contributed by atoms with Gasteiger partial charge in [-0.2, -0.15) is 0 Å². The Labute approximate surface area is 137 Å². The van der Waals surface area contributed by atoms with Crippen LogP contribution in [-0.2, 0) is 11.3 Å². The number of methoxy groups -OCH3 is 1. The van der Waals surface area contributed by atoms with Crippen molar-refractivity contribution in [3.63, 3.8) is 0 Å². The van der Waals surface area contributed by atoms with E-state index in [1.165, 1.54) is 6.42 Å². The summed E-state index contributed by atoms with van der Waals surface area (Å²) in [5, 5.41) is 4.11. The molecule has 1 fully saturated rings. The molecule has 0 aliphatic carbocycles. The molecule has 1 aromatic heterocycles. The summed E-state index contributed by atoms with van der Waals surface area (Å²) in [6.45, 7) is 3.21. The van der Waals surface area contributed by atoms with Crippen LogP contribution in [0.3, 0.4) is 0 Å². The molecule has 2 aromatic rings. The Kier molecular flexibility index (Phi) is 4.98. The number of hydrogen-bond donors (Lipinski definition) is 1. The lowest BCUT2D eigenvalue weighted by Crippen LogP contribution is -2.38. The zero-order chi connectivity index (χ0) is 16.2. The normalized spacial score (nSPS) is 18.6. The molecule has 1 N–H and O–H groups in total. The minimum Gasteiger partial charge on any atom is -0.383 e. The molecule has 5 nitrogen and oxygen atoms in total. The minimum absolute atomic E-state index is 0.0117. The zero-order valence-electron chi connectivity index (χ0n) is 13.9. The molecular weight excluding hydrogens is 290 g/mol. The summed E-state index contributed by atoms with van der Waals surface area (Å²) in [5.41, 5.74) is 1.82. The molecule has 1 saturated heterocycles. The average molecular weight is 315 g/mol. The number of likely N-dealkylation sites (tertiary alicyclic amines) is 1. The number of likely N-dealkylation sites (N-methyl/N-ethyl adjacent to an activating group) is 1. The maximum Gasteiger partial charge on any atom is 0.253 e. The van der Waals surface area contributed by atoms with Crippen molar-refractivity contribution in [3.05, 3.63) is 36.0 Å². The second-order valence-electron chi connectivity index (χ2n) is 6.23. The quantitative estimate of drug-likeness (QED) is 0.888. The van der Waals surface area contributed by atoms with Crippen LogP contribution in [0.2, 0.25) is 0 Å². The Morgan fingerprint density at radius 1 is 1.39 bits per heavy atom. The molecule has 0 saturated carbocycles. The van der Waals surface area contributed by atoms with E-state index >= 15 is 0 Å². The molecule has 2 heterocycles. The number of carbonyl (C=O) groups is 1. The van der Waals surface area contributed by atoms with E-state index in [-0.39, 0.29) is 5.91 Å². The number of benzene rings is 1. The largest absolute Gasteiger partial charge is 0.383 e. The smallest absolute Gasteiger partial charge is 0.253 e. The average Bonchev–Trinajstić information content (AvgIpc) is 3.14. The fourth-order valence-electron chi connectivity index (χ4n) is 3.35. The summed E-state index contributed by atoms with van der Waals surface area (Å²) in [5.74, 6) is 0.0117. The van der Waals surface area contributed by atoms with Crippen LogP contribution in [0.5, 0.6) is 0 Å². The highest BCUT2D eigenvalue weighted by atomic mass is 16.5. The van der Waals surface area contributed by atoms with Gasteiger partial charge in [0.15, 0.2) is 0 Å². The first-order valence-corrected chi connectivity index (χ1v) is 8.26. The highest BCUT2D eigenvalue weighted by molar-refractivity contribution is 6.07. The highest BCUT2D eigenvalue weighted by Crippen LogP contribution is 2.21. The number of carbonyl (C=O) groups excluding carboxylic acids is 1. The Balaban J connectivity index is 1.77. The van der Waals surface area contributed by atoms with E-state index in [4.69, 9.17) is 4.74 Å². The SMILES string of the molecule is COCCn1cc(C(=O)NC[C@H]2CCCN2C)c2ccccc21. The molecule has 23 heavy (non-hydrogen) atoms. The van der Waals surface area contributed by atoms with Crippen molar-refractivity contribution in [1.82, 2.24) is 14.8 Å². The highest BCUT2D eigenvalue weighted by Gasteiger charge is 2.22. The van der Waals surface area contributed by atoms with E-state index in [1.807, 2.05) is 30.5 Å². The fourth-order valence-corrected chi connectivity index (χ4v) is 3.35. The predicted octanol–water partition coefficient (Wildman–Crippen LogP) is 2.11. The predicted molar refractivity (Wildman–Crippen MR) is 91.8 cm³/mol. The molecule has 3 rings (SSSR count). The summed E-state index contributed by atoms with van der Waals surface area (Å²) >= 11 is 0. The lowest BCUT2D eigenvalue weighted by molar-refractivity contribution is 0.0945. The monoisotopic (exact) mass is 315 g/mol. The third-order valence-electron chi connectivity index (χ3n) is 4.74. The summed E-state index contributed by atoms with van der Waals surface area (Å²) in [6, 6.07) is 8.49. The first-order valence-electron chi connectivity index (χ1n) is 8.26. The van der Waals surface area contributed by atoms with Crippen molar-refractivity contribution in [2.24, 2.45) is 0 Å². The molecule has 1 aliphatic rings. The molecule has 1 aromatic carbocycles. The number of nitrogens with one attached hydrogen (secondary N) is 1. The molecular formula is C18H25N3O2. The van der Waals surface area contributed by atoms with Crippen molar-refractivity contribution in [2.45, 2.75) is 25.4 Å². The molecule has 0 spiro atoms. The summed E-state index contributed by atoms with van der Waals surface area (Å²) in [4.78, 5) is 15.0. The molecule has 0 radical (unpaired) electrons. The second-order valence-corrected chi connectivity index (χ2v) is 6.23. The Morgan fingerprint density at radius 2 is 2.22 bits per heavy atom. The number of nitrogens with zero attached hydrogens (tertiary/aromatic N) is 2. The van der Waals surface area contributed by atoms with E-state index in [9.17, 15) is 4.79 Å². The molecule has 1 atom stereocenters. The van der Waals surface area contributed by atoms with Gasteiger partial charge in [0.05, 0.1) is 12.2 Å². The van der Waals surface area contributed by atoms with Gasteiger partial charge in [0.1, 0.15) is 0 Å². The third-order valence-corrected chi connectivity index (χ3v) is 4.74. The number of amides is 1. The van der Waals surface area contributed by atoms with Gasteiger partial charge >= 0.3 is 0 Å². The Hall–Kier alpha value is -1.85. The topological polar surface area (TPSA) is 46.5 Å². The van der Waals surface area contributed by atoms with Crippen molar-refractivity contribution in [3.8, 4) is 0 Å². The van der Waals surface area contributed by atoms with Crippen LogP contribution in [0.15, 0.2) is 30.5 Å². The molecule has 124 valence electrons. The van der Waals surface area contributed by atoms with Gasteiger partial charge in [0.2, 0.25) is 0 Å². The van der Waals surface area contributed by atoms with Gasteiger partial charge < -0.3 is 19.5 Å². The number of ether oxygens (including phenoxy) is 1. The maximum atomic E-state index is 12.6. The number of aromatic nitrogens is 1. The molecule has 0 bridgehead atoms. The van der Waals surface area contributed by atoms with Gasteiger partial charge in [-0.3, -0.25) is 4.79 Å². The van der Waals surface area contributed by atoms with Crippen LogP contribution in [0.25, 0.3) is 10.9 Å². The molecule has 5 heteroatoms. The van der Waals surface area contributed by atoms with Crippen LogP contribution in [0.1, 0.15) is 23.2 Å². The zero-order valence-corrected chi connectivity index (χ0v) is 13.9. The second kappa shape index (κ2) is 7.15. The molecule has 1 amide bonds. The van der Waals surface area contributed by atoms with Crippen LogP contribution < -0.4 is 5.32 Å². The van der Waals surface area contributed by atoms with E-state index in [2.05, 4.69) is 21.8 Å². The number of rotatable bonds is 6. The Morgan fingerprint density at radius 3 is 2.96 bits per heavy atom. The van der Waals surface area contributed by atoms with Crippen molar-refractivity contribution in [1.29, 1.82) is 0 Å². The van der Waals surface area contributed by atoms with Crippen LogP contribution >= 0.6 is 0 Å². The van der Waals surface area contributed by atoms with Crippen LogP contribution in [0, 0.1) is 0 Å². The van der Waals surface area contributed by atoms with Gasteiger partial charge in [0.25, 0.3) is 5.91 Å². The van der Waals surface area contributed by atoms with E-state index in [0.29, 0.717) is 19.2 Å². The maximum absolute atomic E-state index is 12.6. The standard InChI is InChI=1S/C18H25N3O2/c1-20-9-5-6-14(20)12-19-18(22)16-13-21(10-11-23-2)17-8-4-3-7-15(16)17/h3-4,7-8,13-14H,5-6,9-12H2,1-2H3,(H,19,22)/t14-/m1/s1. The van der Waals surface area contributed by atoms with Crippen molar-refractivity contribution in [2.75, 3.05) is 33.9 Å². The number of fused-ring (bicyclic) bond motifs is 1. The summed E-state index contributed by atoms with van der Waals surface area (Å²) in [7, 11) is 3.82. The van der Waals surface area contributed by atoms with Gasteiger partial charge in [-0.25, -0.2) is 0 Å². The number of para-hydroxylation sites is 1. The van der Waals surface area contributed by atoms with Crippen LogP contribution in [0.4, 0.5) is 0 Å². The van der Waals surface area contributed by atoms with E-state index < -0.39 is 0 Å². The van der Waals surface area contributed by atoms with Gasteiger partial charge in [-0.15, -0.1) is 0 Å².